The van der Waals surface area contributed by atoms with E-state index in [9.17, 15) is 19.2 Å². The number of fused-ring (bicyclic) bond motifs is 5. The van der Waals surface area contributed by atoms with Gasteiger partial charge in [-0.05, 0) is 64.0 Å². The Kier molecular flexibility index (Phi) is 11.1. The molecule has 0 aliphatic carbocycles. The zero-order valence-corrected chi connectivity index (χ0v) is 25.5. The number of esters is 1. The van der Waals surface area contributed by atoms with Crippen molar-refractivity contribution in [3.8, 4) is 16.9 Å². The third-order valence-corrected chi connectivity index (χ3v) is 7.70. The zero-order valence-electron chi connectivity index (χ0n) is 25.5. The lowest BCUT2D eigenvalue weighted by Crippen LogP contribution is -2.53. The van der Waals surface area contributed by atoms with Gasteiger partial charge >= 0.3 is 5.97 Å². The van der Waals surface area contributed by atoms with E-state index in [0.29, 0.717) is 50.3 Å². The maximum Gasteiger partial charge on any atom is 0.319 e. The van der Waals surface area contributed by atoms with Crippen LogP contribution in [-0.2, 0) is 19.1 Å². The zero-order chi connectivity index (χ0) is 30.9. The van der Waals surface area contributed by atoms with Crippen molar-refractivity contribution < 1.29 is 28.7 Å². The molecule has 0 saturated carbocycles. The number of carbonyl (C=O) groups is 4. The molecule has 0 radical (unpaired) electrons. The van der Waals surface area contributed by atoms with E-state index >= 15 is 0 Å². The number of hydrogen-bond acceptors (Lipinski definition) is 8. The standard InChI is InChI=1S/C32H43N5O6/c1-5-42-30(39)18-33-24-17-25-21-43-28-14-7-6-12-26(28)22-10-8-11-23(16-22)31(40)36(4)15-9-13-27(32(41)37(25)19-24)34-29(38)20-35(2)3/h6-8,10-12,14,16,24-25,27,33H,5,9,13,15,17-21H2,1-4H3,(H,34,38)/t24-,25-,27-/m0/s1. The molecular formula is C32H43N5O6. The van der Waals surface area contributed by atoms with Crippen molar-refractivity contribution >= 4 is 23.7 Å². The molecule has 11 heteroatoms. The Hall–Kier alpha value is -3.96. The SMILES string of the molecule is CCOC(=O)CN[C@H]1C[C@H]2COc3ccccc3-c3cccc(c3)C(=O)N(C)CCC[C@H](NC(=O)CN(C)C)C(=O)N2C1. The number of carbonyl (C=O) groups excluding carboxylic acids is 4. The quantitative estimate of drug-likeness (QED) is 0.466. The van der Waals surface area contributed by atoms with E-state index in [-0.39, 0.29) is 55.5 Å². The van der Waals surface area contributed by atoms with E-state index < -0.39 is 6.04 Å². The fraction of sp³-hybridized carbons (Fsp3) is 0.500. The number of ether oxygens (including phenoxy) is 2. The number of para-hydroxylation sites is 1. The van der Waals surface area contributed by atoms with Crippen LogP contribution in [0.2, 0.25) is 0 Å². The van der Waals surface area contributed by atoms with Gasteiger partial charge in [-0.3, -0.25) is 19.2 Å². The highest BCUT2D eigenvalue weighted by Crippen LogP contribution is 2.32. The first-order chi connectivity index (χ1) is 20.7. The summed E-state index contributed by atoms with van der Waals surface area (Å²) < 4.78 is 11.4. The maximum atomic E-state index is 14.1. The summed E-state index contributed by atoms with van der Waals surface area (Å²) >= 11 is 0. The number of amides is 3. The van der Waals surface area contributed by atoms with Crippen LogP contribution in [0.5, 0.6) is 5.75 Å². The molecule has 1 saturated heterocycles. The summed E-state index contributed by atoms with van der Waals surface area (Å²) in [6.07, 6.45) is 1.45. The van der Waals surface area contributed by atoms with Gasteiger partial charge in [0.1, 0.15) is 18.4 Å². The molecule has 232 valence electrons. The van der Waals surface area contributed by atoms with Crippen LogP contribution in [0.4, 0.5) is 0 Å². The van der Waals surface area contributed by atoms with Crippen LogP contribution in [-0.4, -0.2) is 117 Å². The second-order valence-electron chi connectivity index (χ2n) is 11.4. The van der Waals surface area contributed by atoms with Crippen molar-refractivity contribution in [2.24, 2.45) is 0 Å². The van der Waals surface area contributed by atoms with Crippen molar-refractivity contribution in [2.45, 2.75) is 44.3 Å². The Morgan fingerprint density at radius 1 is 1.09 bits per heavy atom. The van der Waals surface area contributed by atoms with Crippen LogP contribution in [0, 0.1) is 0 Å². The van der Waals surface area contributed by atoms with Gasteiger partial charge in [0.25, 0.3) is 5.91 Å². The molecule has 4 rings (SSSR count). The van der Waals surface area contributed by atoms with E-state index in [4.69, 9.17) is 9.47 Å². The van der Waals surface area contributed by atoms with E-state index in [1.54, 1.807) is 48.8 Å². The molecule has 43 heavy (non-hydrogen) atoms. The van der Waals surface area contributed by atoms with Gasteiger partial charge < -0.3 is 34.8 Å². The number of likely N-dealkylation sites (N-methyl/N-ethyl adjacent to an activating group) is 1. The fourth-order valence-corrected chi connectivity index (χ4v) is 5.61. The normalized spacial score (nSPS) is 21.2. The van der Waals surface area contributed by atoms with E-state index in [1.807, 2.05) is 42.5 Å². The first kappa shape index (κ1) is 32.0. The minimum absolute atomic E-state index is 0.0383. The van der Waals surface area contributed by atoms with Crippen LogP contribution in [0.25, 0.3) is 11.1 Å². The van der Waals surface area contributed by atoms with E-state index in [2.05, 4.69) is 10.6 Å². The number of hydrogen-bond donors (Lipinski definition) is 2. The summed E-state index contributed by atoms with van der Waals surface area (Å²) in [7, 11) is 5.33. The molecule has 2 N–H and O–H groups in total. The monoisotopic (exact) mass is 593 g/mol. The van der Waals surface area contributed by atoms with Crippen LogP contribution >= 0.6 is 0 Å². The molecular weight excluding hydrogens is 550 g/mol. The van der Waals surface area contributed by atoms with Gasteiger partial charge in [0, 0.05) is 37.3 Å². The van der Waals surface area contributed by atoms with Gasteiger partial charge in [0.2, 0.25) is 11.8 Å². The van der Waals surface area contributed by atoms with Crippen LogP contribution in [0.15, 0.2) is 48.5 Å². The molecule has 2 bridgehead atoms. The molecule has 2 aliphatic heterocycles. The molecule has 0 unspecified atom stereocenters. The topological polar surface area (TPSA) is 121 Å². The second-order valence-corrected chi connectivity index (χ2v) is 11.4. The predicted molar refractivity (Wildman–Crippen MR) is 163 cm³/mol. The molecule has 0 aromatic heterocycles. The molecule has 1 fully saturated rings. The molecule has 3 atom stereocenters. The first-order valence-electron chi connectivity index (χ1n) is 14.9. The van der Waals surface area contributed by atoms with Crippen LogP contribution in [0.3, 0.4) is 0 Å². The molecule has 3 amide bonds. The Morgan fingerprint density at radius 3 is 2.63 bits per heavy atom. The summed E-state index contributed by atoms with van der Waals surface area (Å²) in [5.74, 6) is -0.299. The van der Waals surface area contributed by atoms with Gasteiger partial charge in [-0.15, -0.1) is 0 Å². The Balaban J connectivity index is 1.65. The fourth-order valence-electron chi connectivity index (χ4n) is 5.61. The lowest BCUT2D eigenvalue weighted by Gasteiger charge is -2.30. The maximum absolute atomic E-state index is 14.1. The highest BCUT2D eigenvalue weighted by Gasteiger charge is 2.39. The average Bonchev–Trinajstić information content (AvgIpc) is 3.40. The third-order valence-electron chi connectivity index (χ3n) is 7.70. The van der Waals surface area contributed by atoms with Gasteiger partial charge in [0.15, 0.2) is 0 Å². The summed E-state index contributed by atoms with van der Waals surface area (Å²) in [5.41, 5.74) is 2.26. The Morgan fingerprint density at radius 2 is 1.86 bits per heavy atom. The van der Waals surface area contributed by atoms with E-state index in [1.165, 1.54) is 0 Å². The Labute approximate surface area is 253 Å². The van der Waals surface area contributed by atoms with Gasteiger partial charge in [-0.2, -0.15) is 0 Å². The molecule has 2 aromatic rings. The highest BCUT2D eigenvalue weighted by molar-refractivity contribution is 5.95. The molecule has 11 nitrogen and oxygen atoms in total. The van der Waals surface area contributed by atoms with Crippen molar-refractivity contribution in [1.29, 1.82) is 0 Å². The highest BCUT2D eigenvalue weighted by atomic mass is 16.5. The lowest BCUT2D eigenvalue weighted by atomic mass is 10.0. The molecule has 2 aliphatic rings. The minimum Gasteiger partial charge on any atom is -0.491 e. The summed E-state index contributed by atoms with van der Waals surface area (Å²) in [5, 5.41) is 6.16. The van der Waals surface area contributed by atoms with E-state index in [0.717, 1.165) is 11.1 Å². The van der Waals surface area contributed by atoms with Crippen molar-refractivity contribution in [3.05, 3.63) is 54.1 Å². The average molecular weight is 594 g/mol. The molecule has 2 aromatic carbocycles. The Bertz CT molecular complexity index is 1300. The summed E-state index contributed by atoms with van der Waals surface area (Å²) in [6, 6.07) is 13.9. The number of rotatable bonds is 7. The minimum atomic E-state index is -0.772. The smallest absolute Gasteiger partial charge is 0.319 e. The summed E-state index contributed by atoms with van der Waals surface area (Å²) in [6.45, 7) is 3.23. The van der Waals surface area contributed by atoms with Crippen molar-refractivity contribution in [2.75, 3.05) is 60.5 Å². The molecule has 0 spiro atoms. The third kappa shape index (κ3) is 8.55. The number of nitrogens with zero attached hydrogens (tertiary/aromatic N) is 3. The molecule has 2 heterocycles. The summed E-state index contributed by atoms with van der Waals surface area (Å²) in [4.78, 5) is 57.4. The van der Waals surface area contributed by atoms with Gasteiger partial charge in [-0.1, -0.05) is 30.3 Å². The lowest BCUT2D eigenvalue weighted by molar-refractivity contribution is -0.142. The van der Waals surface area contributed by atoms with Crippen molar-refractivity contribution in [3.63, 3.8) is 0 Å². The van der Waals surface area contributed by atoms with Gasteiger partial charge in [-0.25, -0.2) is 0 Å². The van der Waals surface area contributed by atoms with Gasteiger partial charge in [0.05, 0.1) is 25.7 Å². The first-order valence-corrected chi connectivity index (χ1v) is 14.9. The predicted octanol–water partition coefficient (Wildman–Crippen LogP) is 1.77. The second kappa shape index (κ2) is 15.0. The van der Waals surface area contributed by atoms with Crippen LogP contribution < -0.4 is 15.4 Å². The number of benzene rings is 2. The van der Waals surface area contributed by atoms with Crippen molar-refractivity contribution in [1.82, 2.24) is 25.3 Å². The largest absolute Gasteiger partial charge is 0.491 e. The number of nitrogens with one attached hydrogen (secondary N) is 2. The van der Waals surface area contributed by atoms with Crippen LogP contribution in [0.1, 0.15) is 36.5 Å².